The quantitative estimate of drug-likeness (QED) is 0.910. The number of halogens is 3. The summed E-state index contributed by atoms with van der Waals surface area (Å²) in [6, 6.07) is 6.34. The van der Waals surface area contributed by atoms with Crippen LogP contribution >= 0.6 is 0 Å². The Morgan fingerprint density at radius 1 is 1.33 bits per heavy atom. The van der Waals surface area contributed by atoms with E-state index in [-0.39, 0.29) is 12.2 Å². The summed E-state index contributed by atoms with van der Waals surface area (Å²) in [6.45, 7) is 1.45. The third-order valence-corrected chi connectivity index (χ3v) is 2.56. The van der Waals surface area contributed by atoms with Crippen LogP contribution in [-0.4, -0.2) is 17.6 Å². The van der Waals surface area contributed by atoms with Crippen molar-refractivity contribution >= 4 is 17.4 Å². The van der Waals surface area contributed by atoms with Crippen LogP contribution in [0, 0.1) is 6.92 Å². The fraction of sp³-hybridized carbons (Fsp3) is 0.231. The van der Waals surface area contributed by atoms with Crippen molar-refractivity contribution in [2.24, 2.45) is 0 Å². The van der Waals surface area contributed by atoms with E-state index in [0.717, 1.165) is 6.07 Å². The topological polar surface area (TPSA) is 67.2 Å². The molecule has 0 saturated heterocycles. The monoisotopic (exact) mass is 299 g/mol. The molecule has 1 amide bonds. The van der Waals surface area contributed by atoms with Gasteiger partial charge >= 0.3 is 6.18 Å². The van der Waals surface area contributed by atoms with E-state index < -0.39 is 17.6 Å². The first-order valence-corrected chi connectivity index (χ1v) is 5.99. The molecular weight excluding hydrogens is 287 g/mol. The average Bonchev–Trinajstić information content (AvgIpc) is 2.82. The predicted molar refractivity (Wildman–Crippen MR) is 69.8 cm³/mol. The summed E-state index contributed by atoms with van der Waals surface area (Å²) in [5, 5.41) is 8.47. The minimum Gasteiger partial charge on any atom is -0.360 e. The molecule has 0 unspecified atom stereocenters. The zero-order valence-corrected chi connectivity index (χ0v) is 11.0. The van der Waals surface area contributed by atoms with E-state index in [1.54, 1.807) is 13.0 Å². The lowest BCUT2D eigenvalue weighted by molar-refractivity contribution is -0.137. The molecule has 0 radical (unpaired) electrons. The third-order valence-electron chi connectivity index (χ3n) is 2.56. The lowest BCUT2D eigenvalue weighted by Gasteiger charge is -2.13. The number of hydrogen-bond acceptors (Lipinski definition) is 4. The van der Waals surface area contributed by atoms with Crippen LogP contribution < -0.4 is 10.6 Å². The molecule has 0 fully saturated rings. The standard InChI is InChI=1S/C13H12F3N3O2/c1-8-6-11(19-21-8)17-7-12(20)18-10-5-3-2-4-9(10)13(14,15)16/h2-6H,7H2,1H3,(H,17,19)(H,18,20). The van der Waals surface area contributed by atoms with Gasteiger partial charge in [0.15, 0.2) is 5.82 Å². The number of amides is 1. The molecule has 2 aromatic rings. The van der Waals surface area contributed by atoms with Gasteiger partial charge in [0.05, 0.1) is 17.8 Å². The van der Waals surface area contributed by atoms with Crippen molar-refractivity contribution in [2.75, 3.05) is 17.2 Å². The highest BCUT2D eigenvalue weighted by Crippen LogP contribution is 2.34. The number of para-hydroxylation sites is 1. The van der Waals surface area contributed by atoms with Crippen molar-refractivity contribution in [1.82, 2.24) is 5.16 Å². The predicted octanol–water partition coefficient (Wildman–Crippen LogP) is 3.05. The van der Waals surface area contributed by atoms with Gasteiger partial charge in [0.1, 0.15) is 5.76 Å². The van der Waals surface area contributed by atoms with Gasteiger partial charge < -0.3 is 15.2 Å². The van der Waals surface area contributed by atoms with Gasteiger partial charge in [0.25, 0.3) is 0 Å². The van der Waals surface area contributed by atoms with Gasteiger partial charge in [-0.25, -0.2) is 0 Å². The molecule has 0 aliphatic carbocycles. The van der Waals surface area contributed by atoms with Crippen molar-refractivity contribution < 1.29 is 22.5 Å². The zero-order chi connectivity index (χ0) is 15.5. The second kappa shape index (κ2) is 5.86. The molecule has 112 valence electrons. The molecule has 1 heterocycles. The Hall–Kier alpha value is -2.51. The number of nitrogens with one attached hydrogen (secondary N) is 2. The van der Waals surface area contributed by atoms with E-state index in [9.17, 15) is 18.0 Å². The number of carbonyl (C=O) groups excluding carboxylic acids is 1. The van der Waals surface area contributed by atoms with Gasteiger partial charge in [-0.15, -0.1) is 0 Å². The fourth-order valence-electron chi connectivity index (χ4n) is 1.65. The Kier molecular flexibility index (Phi) is 4.15. The lowest BCUT2D eigenvalue weighted by atomic mass is 10.1. The van der Waals surface area contributed by atoms with Gasteiger partial charge in [0, 0.05) is 6.07 Å². The molecule has 1 aromatic heterocycles. The maximum atomic E-state index is 12.8. The van der Waals surface area contributed by atoms with E-state index in [4.69, 9.17) is 4.52 Å². The SMILES string of the molecule is Cc1cc(NCC(=O)Nc2ccccc2C(F)(F)F)no1. The molecule has 0 bridgehead atoms. The van der Waals surface area contributed by atoms with Crippen LogP contribution in [-0.2, 0) is 11.0 Å². The van der Waals surface area contributed by atoms with Crippen LogP contribution in [0.1, 0.15) is 11.3 Å². The molecule has 8 heteroatoms. The summed E-state index contributed by atoms with van der Waals surface area (Å²) >= 11 is 0. The Labute approximate surface area is 118 Å². The number of nitrogens with zero attached hydrogens (tertiary/aromatic N) is 1. The van der Waals surface area contributed by atoms with E-state index >= 15 is 0 Å². The highest BCUT2D eigenvalue weighted by Gasteiger charge is 2.33. The van der Waals surface area contributed by atoms with Crippen LogP contribution in [0.2, 0.25) is 0 Å². The number of carbonyl (C=O) groups is 1. The largest absolute Gasteiger partial charge is 0.418 e. The Balaban J connectivity index is 2.00. The molecule has 0 saturated carbocycles. The first-order valence-electron chi connectivity index (χ1n) is 5.99. The van der Waals surface area contributed by atoms with Crippen LogP contribution in [0.25, 0.3) is 0 Å². The summed E-state index contributed by atoms with van der Waals surface area (Å²) in [5.41, 5.74) is -1.18. The number of rotatable bonds is 4. The molecule has 0 aliphatic rings. The summed E-state index contributed by atoms with van der Waals surface area (Å²) in [5.74, 6) is 0.277. The second-order valence-electron chi connectivity index (χ2n) is 4.27. The summed E-state index contributed by atoms with van der Waals surface area (Å²) in [4.78, 5) is 11.7. The van der Waals surface area contributed by atoms with E-state index in [1.165, 1.54) is 18.2 Å². The Morgan fingerprint density at radius 3 is 2.67 bits per heavy atom. The van der Waals surface area contributed by atoms with E-state index in [0.29, 0.717) is 11.6 Å². The number of aryl methyl sites for hydroxylation is 1. The maximum absolute atomic E-state index is 12.8. The van der Waals surface area contributed by atoms with Gasteiger partial charge in [-0.1, -0.05) is 17.3 Å². The van der Waals surface area contributed by atoms with Crippen molar-refractivity contribution in [3.8, 4) is 0 Å². The molecule has 5 nitrogen and oxygen atoms in total. The van der Waals surface area contributed by atoms with Crippen LogP contribution in [0.3, 0.4) is 0 Å². The molecule has 21 heavy (non-hydrogen) atoms. The van der Waals surface area contributed by atoms with Crippen LogP contribution in [0.4, 0.5) is 24.7 Å². The molecule has 2 rings (SSSR count). The Morgan fingerprint density at radius 2 is 2.05 bits per heavy atom. The smallest absolute Gasteiger partial charge is 0.360 e. The zero-order valence-electron chi connectivity index (χ0n) is 11.0. The molecule has 0 atom stereocenters. The van der Waals surface area contributed by atoms with E-state index in [1.807, 2.05) is 0 Å². The number of anilines is 2. The maximum Gasteiger partial charge on any atom is 0.418 e. The number of benzene rings is 1. The normalized spacial score (nSPS) is 11.2. The molecule has 1 aromatic carbocycles. The lowest BCUT2D eigenvalue weighted by Crippen LogP contribution is -2.23. The average molecular weight is 299 g/mol. The molecule has 0 spiro atoms. The van der Waals surface area contributed by atoms with Crippen molar-refractivity contribution in [3.63, 3.8) is 0 Å². The van der Waals surface area contributed by atoms with Crippen molar-refractivity contribution in [3.05, 3.63) is 41.7 Å². The fourth-order valence-corrected chi connectivity index (χ4v) is 1.65. The highest BCUT2D eigenvalue weighted by molar-refractivity contribution is 5.94. The van der Waals surface area contributed by atoms with E-state index in [2.05, 4.69) is 15.8 Å². The minimum atomic E-state index is -4.53. The second-order valence-corrected chi connectivity index (χ2v) is 4.27. The first-order chi connectivity index (χ1) is 9.86. The Bertz CT molecular complexity index is 638. The van der Waals surface area contributed by atoms with Gasteiger partial charge in [-0.3, -0.25) is 4.79 Å². The van der Waals surface area contributed by atoms with Gasteiger partial charge in [-0.05, 0) is 19.1 Å². The molecule has 0 aliphatic heterocycles. The number of hydrogen-bond donors (Lipinski definition) is 2. The molecule has 2 N–H and O–H groups in total. The number of aromatic nitrogens is 1. The van der Waals surface area contributed by atoms with Crippen LogP contribution in [0.5, 0.6) is 0 Å². The van der Waals surface area contributed by atoms with Crippen molar-refractivity contribution in [1.29, 1.82) is 0 Å². The third kappa shape index (κ3) is 3.98. The minimum absolute atomic E-state index is 0.224. The summed E-state index contributed by atoms with van der Waals surface area (Å²) in [6.07, 6.45) is -4.53. The van der Waals surface area contributed by atoms with Crippen molar-refractivity contribution in [2.45, 2.75) is 13.1 Å². The molecular formula is C13H12F3N3O2. The van der Waals surface area contributed by atoms with Gasteiger partial charge in [0.2, 0.25) is 5.91 Å². The summed E-state index contributed by atoms with van der Waals surface area (Å²) in [7, 11) is 0. The van der Waals surface area contributed by atoms with Gasteiger partial charge in [-0.2, -0.15) is 13.2 Å². The highest BCUT2D eigenvalue weighted by atomic mass is 19.4. The van der Waals surface area contributed by atoms with Crippen LogP contribution in [0.15, 0.2) is 34.9 Å². The number of alkyl halides is 3. The summed E-state index contributed by atoms with van der Waals surface area (Å²) < 4.78 is 43.1. The first kappa shape index (κ1) is 14.9.